The Morgan fingerprint density at radius 1 is 1.28 bits per heavy atom. The van der Waals surface area contributed by atoms with Crippen LogP contribution in [0.15, 0.2) is 0 Å². The molecule has 1 heterocycles. The molecule has 1 aromatic heterocycles. The van der Waals surface area contributed by atoms with Crippen molar-refractivity contribution in [1.82, 2.24) is 9.97 Å². The number of halogens is 1. The molecule has 1 rings (SSSR count). The van der Waals surface area contributed by atoms with Crippen LogP contribution in [0.4, 0.5) is 5.82 Å². The van der Waals surface area contributed by atoms with Crippen LogP contribution in [0.3, 0.4) is 0 Å². The molecule has 1 atom stereocenters. The van der Waals surface area contributed by atoms with Gasteiger partial charge in [-0.1, -0.05) is 46.2 Å². The van der Waals surface area contributed by atoms with Gasteiger partial charge in [-0.25, -0.2) is 9.97 Å². The third-order valence-corrected chi connectivity index (χ3v) is 3.87. The Bertz CT molecular complexity index is 410. The van der Waals surface area contributed by atoms with E-state index in [2.05, 4.69) is 43.0 Å². The molecule has 0 aliphatic heterocycles. The summed E-state index contributed by atoms with van der Waals surface area (Å²) in [6.45, 7) is 13.9. The molecular formula is C14H24ClN3. The fraction of sp³-hybridized carbons (Fsp3) is 0.714. The molecule has 0 spiro atoms. The van der Waals surface area contributed by atoms with Gasteiger partial charge < -0.3 is 5.32 Å². The van der Waals surface area contributed by atoms with Crippen molar-refractivity contribution in [3.05, 3.63) is 16.5 Å². The molecule has 102 valence electrons. The lowest BCUT2D eigenvalue weighted by atomic mass is 9.82. The highest BCUT2D eigenvalue weighted by Crippen LogP contribution is 2.26. The summed E-state index contributed by atoms with van der Waals surface area (Å²) in [6.07, 6.45) is 0.795. The van der Waals surface area contributed by atoms with Crippen molar-refractivity contribution in [2.24, 2.45) is 11.3 Å². The van der Waals surface area contributed by atoms with Gasteiger partial charge in [0.2, 0.25) is 0 Å². The molecule has 1 unspecified atom stereocenters. The van der Waals surface area contributed by atoms with E-state index in [-0.39, 0.29) is 5.41 Å². The predicted octanol–water partition coefficient (Wildman–Crippen LogP) is 4.09. The normalized spacial score (nSPS) is 13.5. The number of aromatic nitrogens is 2. The molecule has 4 heteroatoms. The van der Waals surface area contributed by atoms with Crippen LogP contribution < -0.4 is 5.32 Å². The Hall–Kier alpha value is -0.830. The Kier molecular flexibility index (Phi) is 4.97. The maximum absolute atomic E-state index is 6.11. The Labute approximate surface area is 115 Å². The zero-order valence-corrected chi connectivity index (χ0v) is 13.0. The number of aryl methyl sites for hydroxylation is 1. The van der Waals surface area contributed by atoms with Crippen LogP contribution in [0.2, 0.25) is 5.15 Å². The van der Waals surface area contributed by atoms with Crippen LogP contribution in [0.25, 0.3) is 0 Å². The first-order valence-corrected chi connectivity index (χ1v) is 6.90. The minimum absolute atomic E-state index is 0.283. The molecule has 0 bridgehead atoms. The minimum Gasteiger partial charge on any atom is -0.369 e. The van der Waals surface area contributed by atoms with Crippen LogP contribution in [-0.4, -0.2) is 16.5 Å². The van der Waals surface area contributed by atoms with Crippen LogP contribution in [0.1, 0.15) is 46.0 Å². The van der Waals surface area contributed by atoms with Crippen molar-refractivity contribution in [3.8, 4) is 0 Å². The molecule has 0 saturated heterocycles. The maximum atomic E-state index is 6.11. The highest BCUT2D eigenvalue weighted by molar-refractivity contribution is 6.30. The van der Waals surface area contributed by atoms with E-state index >= 15 is 0 Å². The zero-order chi connectivity index (χ0) is 13.9. The molecule has 0 radical (unpaired) electrons. The van der Waals surface area contributed by atoms with E-state index in [9.17, 15) is 0 Å². The molecule has 0 aromatic carbocycles. The average molecular weight is 270 g/mol. The van der Waals surface area contributed by atoms with Crippen molar-refractivity contribution in [3.63, 3.8) is 0 Å². The summed E-state index contributed by atoms with van der Waals surface area (Å²) in [7, 11) is 0. The highest BCUT2D eigenvalue weighted by Gasteiger charge is 2.20. The third kappa shape index (κ3) is 3.84. The van der Waals surface area contributed by atoms with E-state index < -0.39 is 0 Å². The fourth-order valence-electron chi connectivity index (χ4n) is 1.42. The van der Waals surface area contributed by atoms with Gasteiger partial charge >= 0.3 is 0 Å². The second-order valence-corrected chi connectivity index (χ2v) is 6.26. The number of nitrogens with zero attached hydrogens (tertiary/aromatic N) is 2. The van der Waals surface area contributed by atoms with Crippen LogP contribution in [0, 0.1) is 18.3 Å². The van der Waals surface area contributed by atoms with Crippen LogP contribution in [-0.2, 0) is 6.42 Å². The molecule has 0 fully saturated rings. The average Bonchev–Trinajstić information content (AvgIpc) is 2.29. The van der Waals surface area contributed by atoms with Crippen LogP contribution >= 0.6 is 11.6 Å². The lowest BCUT2D eigenvalue weighted by molar-refractivity contribution is 0.274. The summed E-state index contributed by atoms with van der Waals surface area (Å²) in [5.41, 5.74) is 1.21. The number of nitrogens with one attached hydrogen (secondary N) is 1. The van der Waals surface area contributed by atoms with Gasteiger partial charge in [-0.3, -0.25) is 0 Å². The largest absolute Gasteiger partial charge is 0.369 e. The van der Waals surface area contributed by atoms with Gasteiger partial charge in [0.1, 0.15) is 16.8 Å². The molecule has 1 N–H and O–H groups in total. The Morgan fingerprint density at radius 3 is 2.39 bits per heavy atom. The number of hydrogen-bond donors (Lipinski definition) is 1. The molecule has 3 nitrogen and oxygen atoms in total. The van der Waals surface area contributed by atoms with Gasteiger partial charge in [0.25, 0.3) is 0 Å². The topological polar surface area (TPSA) is 37.8 Å². The zero-order valence-electron chi connectivity index (χ0n) is 12.3. The summed E-state index contributed by atoms with van der Waals surface area (Å²) in [5.74, 6) is 2.20. The predicted molar refractivity (Wildman–Crippen MR) is 78.3 cm³/mol. The van der Waals surface area contributed by atoms with Gasteiger partial charge in [-0.05, 0) is 18.3 Å². The lowest BCUT2D eigenvalue weighted by Crippen LogP contribution is -2.25. The first kappa shape index (κ1) is 15.2. The molecule has 18 heavy (non-hydrogen) atoms. The van der Waals surface area contributed by atoms with Crippen molar-refractivity contribution < 1.29 is 0 Å². The molecule has 0 amide bonds. The summed E-state index contributed by atoms with van der Waals surface area (Å²) in [5, 5.41) is 3.95. The molecule has 0 aliphatic carbocycles. The fourth-order valence-corrected chi connectivity index (χ4v) is 1.61. The summed E-state index contributed by atoms with van der Waals surface area (Å²) < 4.78 is 0. The van der Waals surface area contributed by atoms with Gasteiger partial charge in [-0.2, -0.15) is 0 Å². The van der Waals surface area contributed by atoms with E-state index in [1.807, 2.05) is 13.8 Å². The Morgan fingerprint density at radius 2 is 1.89 bits per heavy atom. The second kappa shape index (κ2) is 5.87. The van der Waals surface area contributed by atoms with E-state index in [1.165, 1.54) is 0 Å². The first-order chi connectivity index (χ1) is 8.25. The SMILES string of the molecule is CCc1nc(Cl)c(C)c(NCC(C)C(C)(C)C)n1. The van der Waals surface area contributed by atoms with Gasteiger partial charge in [0.05, 0.1) is 0 Å². The van der Waals surface area contributed by atoms with Gasteiger partial charge in [0.15, 0.2) is 0 Å². The maximum Gasteiger partial charge on any atom is 0.137 e. The summed E-state index contributed by atoms with van der Waals surface area (Å²) in [4.78, 5) is 8.74. The lowest BCUT2D eigenvalue weighted by Gasteiger charge is -2.27. The van der Waals surface area contributed by atoms with E-state index in [4.69, 9.17) is 11.6 Å². The molecule has 1 aromatic rings. The van der Waals surface area contributed by atoms with E-state index in [1.54, 1.807) is 0 Å². The quantitative estimate of drug-likeness (QED) is 0.837. The summed E-state index contributed by atoms with van der Waals surface area (Å²) in [6, 6.07) is 0. The minimum atomic E-state index is 0.283. The number of rotatable bonds is 4. The van der Waals surface area contributed by atoms with E-state index in [0.29, 0.717) is 11.1 Å². The standard InChI is InChI=1S/C14H24ClN3/c1-7-11-17-12(15)10(3)13(18-11)16-8-9(2)14(4,5)6/h9H,7-8H2,1-6H3,(H,16,17,18). The Balaban J connectivity index is 2.82. The van der Waals surface area contributed by atoms with Crippen molar-refractivity contribution in [1.29, 1.82) is 0 Å². The van der Waals surface area contributed by atoms with E-state index in [0.717, 1.165) is 30.2 Å². The van der Waals surface area contributed by atoms with Gasteiger partial charge in [0, 0.05) is 18.5 Å². The third-order valence-electron chi connectivity index (χ3n) is 3.50. The smallest absolute Gasteiger partial charge is 0.137 e. The molecule has 0 saturated carbocycles. The monoisotopic (exact) mass is 269 g/mol. The molecule has 0 aliphatic rings. The molecular weight excluding hydrogens is 246 g/mol. The van der Waals surface area contributed by atoms with Crippen molar-refractivity contribution in [2.45, 2.75) is 48.0 Å². The van der Waals surface area contributed by atoms with Crippen molar-refractivity contribution in [2.75, 3.05) is 11.9 Å². The van der Waals surface area contributed by atoms with Crippen molar-refractivity contribution >= 4 is 17.4 Å². The first-order valence-electron chi connectivity index (χ1n) is 6.52. The number of hydrogen-bond acceptors (Lipinski definition) is 3. The number of anilines is 1. The highest BCUT2D eigenvalue weighted by atomic mass is 35.5. The second-order valence-electron chi connectivity index (χ2n) is 5.91. The summed E-state index contributed by atoms with van der Waals surface area (Å²) >= 11 is 6.11. The van der Waals surface area contributed by atoms with Gasteiger partial charge in [-0.15, -0.1) is 0 Å². The van der Waals surface area contributed by atoms with Crippen LogP contribution in [0.5, 0.6) is 0 Å².